The van der Waals surface area contributed by atoms with Crippen molar-refractivity contribution in [2.24, 2.45) is 5.92 Å². The Balaban J connectivity index is 2.11. The van der Waals surface area contributed by atoms with Crippen LogP contribution in [0.5, 0.6) is 5.75 Å². The fourth-order valence-electron chi connectivity index (χ4n) is 4.44. The molecule has 0 saturated heterocycles. The number of halogens is 1. The highest BCUT2D eigenvalue weighted by molar-refractivity contribution is 7.92. The number of nitrogens with one attached hydrogen (secondary N) is 1. The van der Waals surface area contributed by atoms with Gasteiger partial charge < -0.3 is 15.0 Å². The number of nitrogens with zero attached hydrogens (tertiary/aromatic N) is 2. The third kappa shape index (κ3) is 8.26. The number of hydrogen-bond acceptors (Lipinski definition) is 5. The summed E-state index contributed by atoms with van der Waals surface area (Å²) < 4.78 is 35.1. The summed E-state index contributed by atoms with van der Waals surface area (Å²) in [6, 6.07) is 19.4. The molecular weight excluding hydrogens is 574 g/mol. The van der Waals surface area contributed by atoms with E-state index in [1.807, 2.05) is 27.7 Å². The lowest BCUT2D eigenvalue weighted by Gasteiger charge is -2.33. The molecule has 2 amide bonds. The van der Waals surface area contributed by atoms with Crippen LogP contribution in [-0.2, 0) is 26.2 Å². The third-order valence-electron chi connectivity index (χ3n) is 6.69. The molecule has 0 aromatic heterocycles. The molecule has 0 aliphatic rings. The Bertz CT molecular complexity index is 1460. The van der Waals surface area contributed by atoms with Crippen molar-refractivity contribution in [2.75, 3.05) is 24.0 Å². The first-order chi connectivity index (χ1) is 20.0. The topological polar surface area (TPSA) is 96.0 Å². The van der Waals surface area contributed by atoms with E-state index in [-0.39, 0.29) is 29.0 Å². The van der Waals surface area contributed by atoms with Crippen LogP contribution in [0.3, 0.4) is 0 Å². The van der Waals surface area contributed by atoms with Crippen LogP contribution < -0.4 is 14.4 Å². The van der Waals surface area contributed by atoms with Crippen molar-refractivity contribution >= 4 is 39.1 Å². The maximum atomic E-state index is 14.2. The Labute approximate surface area is 254 Å². The molecular formula is C32H40ClN3O5S. The van der Waals surface area contributed by atoms with Crippen LogP contribution in [0.25, 0.3) is 0 Å². The molecule has 3 aromatic rings. The molecule has 3 aromatic carbocycles. The fourth-order valence-corrected chi connectivity index (χ4v) is 6.06. The van der Waals surface area contributed by atoms with Crippen LogP contribution in [0.4, 0.5) is 5.69 Å². The number of para-hydroxylation sites is 2. The monoisotopic (exact) mass is 613 g/mol. The molecule has 3 rings (SSSR count). The van der Waals surface area contributed by atoms with Crippen LogP contribution in [0, 0.1) is 12.8 Å². The highest BCUT2D eigenvalue weighted by atomic mass is 35.5. The highest BCUT2D eigenvalue weighted by Gasteiger charge is 2.35. The third-order valence-corrected chi connectivity index (χ3v) is 8.83. The van der Waals surface area contributed by atoms with E-state index in [0.29, 0.717) is 35.9 Å². The molecule has 0 saturated carbocycles. The number of ether oxygens (including phenoxy) is 1. The summed E-state index contributed by atoms with van der Waals surface area (Å²) in [5.41, 5.74) is 1.77. The Hall–Kier alpha value is -3.56. The van der Waals surface area contributed by atoms with Gasteiger partial charge in [-0.1, -0.05) is 80.4 Å². The van der Waals surface area contributed by atoms with Crippen molar-refractivity contribution in [3.05, 3.63) is 88.9 Å². The molecule has 0 fully saturated rings. The number of carbonyl (C=O) groups is 2. The summed E-state index contributed by atoms with van der Waals surface area (Å²) in [6.45, 7) is 9.66. The lowest BCUT2D eigenvalue weighted by molar-refractivity contribution is -0.140. The number of rotatable bonds is 14. The van der Waals surface area contributed by atoms with Gasteiger partial charge in [0.25, 0.3) is 10.0 Å². The van der Waals surface area contributed by atoms with Crippen molar-refractivity contribution in [1.82, 2.24) is 10.2 Å². The number of carbonyl (C=O) groups excluding carboxylic acids is 2. The molecule has 42 heavy (non-hydrogen) atoms. The molecule has 0 aliphatic heterocycles. The lowest BCUT2D eigenvalue weighted by Crippen LogP contribution is -2.52. The Morgan fingerprint density at radius 1 is 0.952 bits per heavy atom. The van der Waals surface area contributed by atoms with Crippen molar-refractivity contribution in [2.45, 2.75) is 58.5 Å². The highest BCUT2D eigenvalue weighted by Crippen LogP contribution is 2.33. The summed E-state index contributed by atoms with van der Waals surface area (Å²) in [4.78, 5) is 29.0. The molecule has 0 radical (unpaired) electrons. The first-order valence-corrected chi connectivity index (χ1v) is 15.9. The molecule has 226 valence electrons. The maximum absolute atomic E-state index is 14.2. The average Bonchev–Trinajstić information content (AvgIpc) is 2.96. The molecule has 10 heteroatoms. The predicted molar refractivity (Wildman–Crippen MR) is 167 cm³/mol. The van der Waals surface area contributed by atoms with Gasteiger partial charge in [-0.15, -0.1) is 0 Å². The minimum Gasteiger partial charge on any atom is -0.492 e. The Morgan fingerprint density at radius 3 is 2.21 bits per heavy atom. The zero-order chi connectivity index (χ0) is 30.9. The number of hydrogen-bond donors (Lipinski definition) is 1. The second-order valence-corrected chi connectivity index (χ2v) is 12.7. The second kappa shape index (κ2) is 15.1. The van der Waals surface area contributed by atoms with Gasteiger partial charge in [0.05, 0.1) is 17.2 Å². The largest absolute Gasteiger partial charge is 0.492 e. The van der Waals surface area contributed by atoms with E-state index in [4.69, 9.17) is 16.3 Å². The van der Waals surface area contributed by atoms with E-state index in [0.717, 1.165) is 9.87 Å². The first-order valence-electron chi connectivity index (χ1n) is 14.1. The average molecular weight is 614 g/mol. The van der Waals surface area contributed by atoms with Crippen LogP contribution in [0.1, 0.15) is 45.2 Å². The van der Waals surface area contributed by atoms with Crippen LogP contribution in [-0.4, -0.2) is 50.9 Å². The van der Waals surface area contributed by atoms with Crippen LogP contribution in [0.2, 0.25) is 5.02 Å². The minimum atomic E-state index is -4.22. The van der Waals surface area contributed by atoms with Crippen molar-refractivity contribution in [3.63, 3.8) is 0 Å². The number of aryl methyl sites for hydroxylation is 1. The van der Waals surface area contributed by atoms with E-state index in [9.17, 15) is 18.0 Å². The van der Waals surface area contributed by atoms with E-state index >= 15 is 0 Å². The Morgan fingerprint density at radius 2 is 1.60 bits per heavy atom. The molecule has 0 heterocycles. The van der Waals surface area contributed by atoms with Crippen molar-refractivity contribution < 1.29 is 22.7 Å². The SMILES string of the molecule is CCOc1ccccc1N(CC(=O)N(Cc1ccccc1Cl)[C@@H](CC)C(=O)NCC(C)C)S(=O)(=O)c1ccc(C)cc1. The zero-order valence-corrected chi connectivity index (χ0v) is 26.4. The quantitative estimate of drug-likeness (QED) is 0.247. The van der Waals surface area contributed by atoms with E-state index in [1.54, 1.807) is 67.6 Å². The van der Waals surface area contributed by atoms with Gasteiger partial charge in [0.1, 0.15) is 18.3 Å². The molecule has 0 aliphatic carbocycles. The van der Waals surface area contributed by atoms with Gasteiger partial charge >= 0.3 is 0 Å². The number of sulfonamides is 1. The first kappa shape index (κ1) is 32.9. The molecule has 1 N–H and O–H groups in total. The van der Waals surface area contributed by atoms with Crippen LogP contribution in [0.15, 0.2) is 77.7 Å². The summed E-state index contributed by atoms with van der Waals surface area (Å²) in [6.07, 6.45) is 0.320. The number of anilines is 1. The zero-order valence-electron chi connectivity index (χ0n) is 24.8. The van der Waals surface area contributed by atoms with Gasteiger partial charge in [-0.25, -0.2) is 8.42 Å². The van der Waals surface area contributed by atoms with Crippen molar-refractivity contribution in [1.29, 1.82) is 0 Å². The summed E-state index contributed by atoms with van der Waals surface area (Å²) in [7, 11) is -4.22. The van der Waals surface area contributed by atoms with Gasteiger partial charge in [0.15, 0.2) is 0 Å². The standard InChI is InChI=1S/C32H40ClN3O5S/c1-6-28(32(38)34-20-23(3)4)35(21-25-12-8-9-13-27(25)33)31(37)22-36(29-14-10-11-15-30(29)41-7-2)42(39,40)26-18-16-24(5)17-19-26/h8-19,23,28H,6-7,20-22H2,1-5H3,(H,34,38)/t28-/m0/s1. The van der Waals surface area contributed by atoms with E-state index in [1.165, 1.54) is 17.0 Å². The Kier molecular flexibility index (Phi) is 11.8. The molecule has 8 nitrogen and oxygen atoms in total. The van der Waals surface area contributed by atoms with Crippen LogP contribution >= 0.6 is 11.6 Å². The van der Waals surface area contributed by atoms with Gasteiger partial charge in [-0.3, -0.25) is 13.9 Å². The predicted octanol–water partition coefficient (Wildman–Crippen LogP) is 5.82. The van der Waals surface area contributed by atoms with E-state index in [2.05, 4.69) is 5.32 Å². The smallest absolute Gasteiger partial charge is 0.264 e. The van der Waals surface area contributed by atoms with E-state index < -0.39 is 28.5 Å². The summed E-state index contributed by atoms with van der Waals surface area (Å²) in [5, 5.41) is 3.37. The minimum absolute atomic E-state index is 0.0254. The van der Waals surface area contributed by atoms with Gasteiger partial charge in [0, 0.05) is 18.1 Å². The lowest BCUT2D eigenvalue weighted by atomic mass is 10.1. The molecule has 0 unspecified atom stereocenters. The molecule has 0 bridgehead atoms. The summed E-state index contributed by atoms with van der Waals surface area (Å²) >= 11 is 6.46. The fraction of sp³-hybridized carbons (Fsp3) is 0.375. The molecule has 0 spiro atoms. The number of benzene rings is 3. The van der Waals surface area contributed by atoms with Gasteiger partial charge in [-0.05, 0) is 62.1 Å². The number of amides is 2. The van der Waals surface area contributed by atoms with Crippen molar-refractivity contribution in [3.8, 4) is 5.75 Å². The van der Waals surface area contributed by atoms with Gasteiger partial charge in [-0.2, -0.15) is 0 Å². The maximum Gasteiger partial charge on any atom is 0.264 e. The normalized spacial score (nSPS) is 12.1. The second-order valence-electron chi connectivity index (χ2n) is 10.4. The van der Waals surface area contributed by atoms with Gasteiger partial charge in [0.2, 0.25) is 11.8 Å². The molecule has 1 atom stereocenters. The summed E-state index contributed by atoms with van der Waals surface area (Å²) in [5.74, 6) is -0.329.